The number of thiophene rings is 1. The van der Waals surface area contributed by atoms with E-state index in [2.05, 4.69) is 54.2 Å². The molecular formula is C18H23N5OS. The van der Waals surface area contributed by atoms with Crippen molar-refractivity contribution in [3.05, 3.63) is 23.7 Å². The topological polar surface area (TPSA) is 63.2 Å². The number of rotatable bonds is 4. The summed E-state index contributed by atoms with van der Waals surface area (Å²) in [5.41, 5.74) is 3.14. The Kier molecular flexibility index (Phi) is 4.10. The van der Waals surface area contributed by atoms with E-state index in [0.29, 0.717) is 6.61 Å². The Morgan fingerprint density at radius 2 is 2.16 bits per heavy atom. The van der Waals surface area contributed by atoms with Gasteiger partial charge in [-0.25, -0.2) is 15.0 Å². The van der Waals surface area contributed by atoms with E-state index in [1.807, 2.05) is 0 Å². The Morgan fingerprint density at radius 1 is 1.32 bits per heavy atom. The summed E-state index contributed by atoms with van der Waals surface area (Å²) in [7, 11) is 4.13. The SMILES string of the molecule is CN(C)CCNc1ncnc2c1sc1nc3c(cc12)COC(C)(C)C3. The molecule has 1 N–H and O–H groups in total. The average Bonchev–Trinajstić information content (AvgIpc) is 2.90. The second-order valence-electron chi connectivity index (χ2n) is 7.40. The van der Waals surface area contributed by atoms with Gasteiger partial charge in [-0.05, 0) is 34.0 Å². The lowest BCUT2D eigenvalue weighted by Crippen LogP contribution is -2.32. The van der Waals surface area contributed by atoms with Crippen molar-refractivity contribution in [2.45, 2.75) is 32.5 Å². The molecular weight excluding hydrogens is 334 g/mol. The van der Waals surface area contributed by atoms with Crippen LogP contribution >= 0.6 is 11.3 Å². The number of nitrogens with zero attached hydrogens (tertiary/aromatic N) is 4. The van der Waals surface area contributed by atoms with E-state index < -0.39 is 0 Å². The van der Waals surface area contributed by atoms with E-state index in [1.54, 1.807) is 17.7 Å². The number of aromatic nitrogens is 3. The average molecular weight is 357 g/mol. The number of likely N-dealkylation sites (N-methyl/N-ethyl adjacent to an activating group) is 1. The summed E-state index contributed by atoms with van der Waals surface area (Å²) in [6.07, 6.45) is 2.47. The monoisotopic (exact) mass is 357 g/mol. The van der Waals surface area contributed by atoms with Crippen LogP contribution in [0.15, 0.2) is 12.4 Å². The molecule has 0 atom stereocenters. The zero-order valence-corrected chi connectivity index (χ0v) is 15.9. The summed E-state index contributed by atoms with van der Waals surface area (Å²) in [4.78, 5) is 17.1. The van der Waals surface area contributed by atoms with Gasteiger partial charge in [0.25, 0.3) is 0 Å². The second kappa shape index (κ2) is 6.16. The third-order valence-electron chi connectivity index (χ3n) is 4.48. The number of anilines is 1. The number of fused-ring (bicyclic) bond motifs is 4. The van der Waals surface area contributed by atoms with Gasteiger partial charge in [-0.2, -0.15) is 0 Å². The summed E-state index contributed by atoms with van der Waals surface area (Å²) in [5.74, 6) is 0.893. The maximum absolute atomic E-state index is 5.94. The maximum atomic E-state index is 5.94. The molecule has 4 heterocycles. The maximum Gasteiger partial charge on any atom is 0.147 e. The lowest BCUT2D eigenvalue weighted by molar-refractivity contribution is -0.0411. The van der Waals surface area contributed by atoms with Crippen molar-refractivity contribution in [1.82, 2.24) is 19.9 Å². The molecule has 1 aliphatic heterocycles. The van der Waals surface area contributed by atoms with Crippen molar-refractivity contribution in [2.24, 2.45) is 0 Å². The van der Waals surface area contributed by atoms with Crippen LogP contribution in [-0.2, 0) is 17.8 Å². The van der Waals surface area contributed by atoms with Crippen molar-refractivity contribution >= 4 is 37.6 Å². The van der Waals surface area contributed by atoms with Gasteiger partial charge in [0.1, 0.15) is 17.0 Å². The lowest BCUT2D eigenvalue weighted by atomic mass is 9.95. The van der Waals surface area contributed by atoms with Gasteiger partial charge in [0.05, 0.1) is 28.1 Å². The molecule has 0 bridgehead atoms. The Balaban J connectivity index is 1.76. The molecule has 3 aromatic heterocycles. The fourth-order valence-electron chi connectivity index (χ4n) is 3.11. The molecule has 132 valence electrons. The van der Waals surface area contributed by atoms with Crippen molar-refractivity contribution in [3.63, 3.8) is 0 Å². The molecule has 0 radical (unpaired) electrons. The molecule has 0 spiro atoms. The Hall–Kier alpha value is -1.83. The largest absolute Gasteiger partial charge is 0.370 e. The van der Waals surface area contributed by atoms with E-state index in [-0.39, 0.29) is 5.60 Å². The predicted octanol–water partition coefficient (Wildman–Crippen LogP) is 3.06. The highest BCUT2D eigenvalue weighted by Gasteiger charge is 2.28. The van der Waals surface area contributed by atoms with E-state index in [0.717, 1.165) is 51.5 Å². The van der Waals surface area contributed by atoms with Crippen LogP contribution in [0.2, 0.25) is 0 Å². The van der Waals surface area contributed by atoms with E-state index >= 15 is 0 Å². The Labute approximate surface area is 151 Å². The molecule has 0 aliphatic carbocycles. The molecule has 0 aromatic carbocycles. The van der Waals surface area contributed by atoms with E-state index in [4.69, 9.17) is 9.72 Å². The van der Waals surface area contributed by atoms with Crippen LogP contribution < -0.4 is 5.32 Å². The third-order valence-corrected chi connectivity index (χ3v) is 5.57. The van der Waals surface area contributed by atoms with Crippen LogP contribution in [0.3, 0.4) is 0 Å². The van der Waals surface area contributed by atoms with Gasteiger partial charge in [0, 0.05) is 30.5 Å². The zero-order chi connectivity index (χ0) is 17.6. The van der Waals surface area contributed by atoms with Crippen molar-refractivity contribution in [1.29, 1.82) is 0 Å². The fourth-order valence-corrected chi connectivity index (χ4v) is 4.21. The first-order valence-corrected chi connectivity index (χ1v) is 9.33. The van der Waals surface area contributed by atoms with Gasteiger partial charge in [0.15, 0.2) is 0 Å². The number of hydrogen-bond donors (Lipinski definition) is 1. The second-order valence-corrected chi connectivity index (χ2v) is 8.40. The van der Waals surface area contributed by atoms with Gasteiger partial charge < -0.3 is 15.0 Å². The van der Waals surface area contributed by atoms with E-state index in [1.165, 1.54) is 5.56 Å². The summed E-state index contributed by atoms with van der Waals surface area (Å²) in [6, 6.07) is 2.20. The van der Waals surface area contributed by atoms with Crippen LogP contribution in [0.4, 0.5) is 5.82 Å². The van der Waals surface area contributed by atoms with Crippen LogP contribution in [0.1, 0.15) is 25.1 Å². The van der Waals surface area contributed by atoms with Gasteiger partial charge in [0.2, 0.25) is 0 Å². The molecule has 7 heteroatoms. The summed E-state index contributed by atoms with van der Waals surface area (Å²) >= 11 is 1.67. The quantitative estimate of drug-likeness (QED) is 0.774. The first kappa shape index (κ1) is 16.6. The highest BCUT2D eigenvalue weighted by Crippen LogP contribution is 2.37. The molecule has 0 saturated heterocycles. The molecule has 0 unspecified atom stereocenters. The molecule has 6 nitrogen and oxygen atoms in total. The molecule has 0 saturated carbocycles. The van der Waals surface area contributed by atoms with Gasteiger partial charge in [-0.1, -0.05) is 0 Å². The minimum Gasteiger partial charge on any atom is -0.370 e. The number of pyridine rings is 1. The standard InChI is InChI=1S/C18H23N5OS/c1-18(2)8-13-11(9-24-18)7-12-14-15(25-17(12)22-13)16(21-10-20-14)19-5-6-23(3)4/h7,10H,5-6,8-9H2,1-4H3,(H,19,20,21). The summed E-state index contributed by atoms with van der Waals surface area (Å²) < 4.78 is 7.02. The molecule has 4 rings (SSSR count). The fraction of sp³-hybridized carbons (Fsp3) is 0.500. The summed E-state index contributed by atoms with van der Waals surface area (Å²) in [6.45, 7) is 6.65. The highest BCUT2D eigenvalue weighted by atomic mass is 32.1. The third kappa shape index (κ3) is 3.19. The molecule has 3 aromatic rings. The highest BCUT2D eigenvalue weighted by molar-refractivity contribution is 7.25. The molecule has 1 aliphatic rings. The summed E-state index contributed by atoms with van der Waals surface area (Å²) in [5, 5.41) is 4.53. The van der Waals surface area contributed by atoms with Gasteiger partial charge in [-0.15, -0.1) is 11.3 Å². The normalized spacial score (nSPS) is 16.5. The number of hydrogen-bond acceptors (Lipinski definition) is 7. The van der Waals surface area contributed by atoms with Crippen LogP contribution in [-0.4, -0.2) is 52.6 Å². The zero-order valence-electron chi connectivity index (χ0n) is 15.1. The van der Waals surface area contributed by atoms with Crippen molar-refractivity contribution in [3.8, 4) is 0 Å². The van der Waals surface area contributed by atoms with E-state index in [9.17, 15) is 0 Å². The minimum atomic E-state index is -0.150. The van der Waals surface area contributed by atoms with Crippen molar-refractivity contribution in [2.75, 3.05) is 32.5 Å². The Morgan fingerprint density at radius 3 is 2.96 bits per heavy atom. The first-order valence-electron chi connectivity index (χ1n) is 8.51. The lowest BCUT2D eigenvalue weighted by Gasteiger charge is -2.30. The van der Waals surface area contributed by atoms with Crippen LogP contribution in [0.5, 0.6) is 0 Å². The number of ether oxygens (including phenoxy) is 1. The molecule has 0 fully saturated rings. The van der Waals surface area contributed by atoms with Crippen LogP contribution in [0, 0.1) is 0 Å². The minimum absolute atomic E-state index is 0.150. The molecule has 25 heavy (non-hydrogen) atoms. The van der Waals surface area contributed by atoms with Gasteiger partial charge in [-0.3, -0.25) is 0 Å². The number of nitrogens with one attached hydrogen (secondary N) is 1. The predicted molar refractivity (Wildman–Crippen MR) is 102 cm³/mol. The smallest absolute Gasteiger partial charge is 0.147 e. The first-order chi connectivity index (χ1) is 11.9. The van der Waals surface area contributed by atoms with Crippen LogP contribution in [0.25, 0.3) is 20.4 Å². The van der Waals surface area contributed by atoms with Gasteiger partial charge >= 0.3 is 0 Å². The Bertz CT molecular complexity index is 934. The van der Waals surface area contributed by atoms with Crippen molar-refractivity contribution < 1.29 is 4.74 Å². The molecule has 0 amide bonds.